The highest BCUT2D eigenvalue weighted by atomic mass is 35.5. The number of hydrogen-bond donors (Lipinski definition) is 2. The normalized spacial score (nSPS) is 10.4. The molecule has 1 aromatic heterocycles. The Morgan fingerprint density at radius 3 is 2.78 bits per heavy atom. The minimum Gasteiger partial charge on any atom is -0.397 e. The van der Waals surface area contributed by atoms with E-state index in [1.165, 1.54) is 18.2 Å². The number of amides is 1. The van der Waals surface area contributed by atoms with E-state index >= 15 is 0 Å². The van der Waals surface area contributed by atoms with E-state index in [-0.39, 0.29) is 10.7 Å². The van der Waals surface area contributed by atoms with Crippen molar-refractivity contribution < 1.29 is 9.18 Å². The number of nitrogens with zero attached hydrogens (tertiary/aromatic N) is 1. The number of carbonyl (C=O) groups is 1. The Labute approximate surface area is 108 Å². The maximum absolute atomic E-state index is 13.0. The van der Waals surface area contributed by atoms with Crippen LogP contribution < -0.4 is 11.1 Å². The van der Waals surface area contributed by atoms with Crippen molar-refractivity contribution in [3.05, 3.63) is 47.0 Å². The van der Waals surface area contributed by atoms with Crippen LogP contribution in [0, 0.1) is 5.82 Å². The number of benzene rings is 1. The van der Waals surface area contributed by atoms with Gasteiger partial charge in [-0.25, -0.2) is 4.39 Å². The maximum atomic E-state index is 13.0. The van der Waals surface area contributed by atoms with Crippen molar-refractivity contribution in [1.82, 2.24) is 4.57 Å². The minimum absolute atomic E-state index is 0.224. The van der Waals surface area contributed by atoms with Crippen molar-refractivity contribution in [1.29, 1.82) is 0 Å². The molecule has 0 aliphatic carbocycles. The second-order valence-electron chi connectivity index (χ2n) is 3.85. The molecule has 0 atom stereocenters. The Morgan fingerprint density at radius 2 is 2.17 bits per heavy atom. The van der Waals surface area contributed by atoms with Crippen LogP contribution in [0.1, 0.15) is 10.5 Å². The fraction of sp³-hybridized carbons (Fsp3) is 0.0833. The van der Waals surface area contributed by atoms with Gasteiger partial charge in [0.2, 0.25) is 0 Å². The lowest BCUT2D eigenvalue weighted by Gasteiger charge is -2.07. The standard InChI is InChI=1S/C12H11ClFN3O/c1-17-6-8(15)5-11(17)12(18)16-10-4-7(14)2-3-9(10)13/h2-6H,15H2,1H3,(H,16,18). The molecule has 0 aliphatic heterocycles. The number of nitrogen functional groups attached to an aromatic ring is 1. The van der Waals surface area contributed by atoms with Gasteiger partial charge in [-0.2, -0.15) is 0 Å². The zero-order valence-corrected chi connectivity index (χ0v) is 10.3. The summed E-state index contributed by atoms with van der Waals surface area (Å²) in [5.74, 6) is -0.872. The molecule has 1 aromatic carbocycles. The van der Waals surface area contributed by atoms with Crippen LogP contribution in [0.3, 0.4) is 0 Å². The van der Waals surface area contributed by atoms with Gasteiger partial charge in [0.05, 0.1) is 16.4 Å². The summed E-state index contributed by atoms with van der Waals surface area (Å²) in [4.78, 5) is 11.9. The van der Waals surface area contributed by atoms with Crippen molar-refractivity contribution in [2.75, 3.05) is 11.1 Å². The van der Waals surface area contributed by atoms with Crippen LogP contribution in [0.15, 0.2) is 30.5 Å². The Kier molecular flexibility index (Phi) is 3.25. The number of aromatic nitrogens is 1. The first kappa shape index (κ1) is 12.4. The highest BCUT2D eigenvalue weighted by Crippen LogP contribution is 2.23. The fourth-order valence-corrected chi connectivity index (χ4v) is 1.76. The van der Waals surface area contributed by atoms with Crippen LogP contribution in [0.4, 0.5) is 15.8 Å². The van der Waals surface area contributed by atoms with E-state index < -0.39 is 11.7 Å². The lowest BCUT2D eigenvalue weighted by atomic mass is 10.3. The van der Waals surface area contributed by atoms with Gasteiger partial charge in [-0.05, 0) is 24.3 Å². The second kappa shape index (κ2) is 4.70. The Balaban J connectivity index is 2.26. The molecule has 0 saturated heterocycles. The van der Waals surface area contributed by atoms with E-state index in [0.29, 0.717) is 11.4 Å². The van der Waals surface area contributed by atoms with Crippen LogP contribution >= 0.6 is 11.6 Å². The molecular weight excluding hydrogens is 257 g/mol. The van der Waals surface area contributed by atoms with Crippen molar-refractivity contribution in [3.63, 3.8) is 0 Å². The Bertz CT molecular complexity index is 609. The van der Waals surface area contributed by atoms with Gasteiger partial charge in [-0.15, -0.1) is 0 Å². The number of rotatable bonds is 2. The molecule has 0 spiro atoms. The van der Waals surface area contributed by atoms with Crippen molar-refractivity contribution in [3.8, 4) is 0 Å². The first-order valence-corrected chi connectivity index (χ1v) is 5.53. The van der Waals surface area contributed by atoms with Crippen molar-refractivity contribution in [2.45, 2.75) is 0 Å². The molecule has 3 N–H and O–H groups in total. The Hall–Kier alpha value is -2.01. The lowest BCUT2D eigenvalue weighted by Crippen LogP contribution is -2.15. The molecule has 2 aromatic rings. The number of carbonyl (C=O) groups excluding carboxylic acids is 1. The average molecular weight is 268 g/mol. The maximum Gasteiger partial charge on any atom is 0.272 e. The third kappa shape index (κ3) is 2.46. The first-order valence-electron chi connectivity index (χ1n) is 5.15. The van der Waals surface area contributed by atoms with Gasteiger partial charge < -0.3 is 15.6 Å². The van der Waals surface area contributed by atoms with E-state index in [1.807, 2.05) is 0 Å². The van der Waals surface area contributed by atoms with Crippen LogP contribution in [0.25, 0.3) is 0 Å². The molecule has 1 heterocycles. The van der Waals surface area contributed by atoms with Crippen LogP contribution in [-0.4, -0.2) is 10.5 Å². The van der Waals surface area contributed by atoms with E-state index in [9.17, 15) is 9.18 Å². The SMILES string of the molecule is Cn1cc(N)cc1C(=O)Nc1cc(F)ccc1Cl. The molecule has 0 aliphatic rings. The van der Waals surface area contributed by atoms with E-state index in [2.05, 4.69) is 5.32 Å². The van der Waals surface area contributed by atoms with Crippen LogP contribution in [0.5, 0.6) is 0 Å². The highest BCUT2D eigenvalue weighted by Gasteiger charge is 2.13. The number of hydrogen-bond acceptors (Lipinski definition) is 2. The molecule has 0 fully saturated rings. The monoisotopic (exact) mass is 267 g/mol. The topological polar surface area (TPSA) is 60.0 Å². The smallest absolute Gasteiger partial charge is 0.272 e. The molecule has 0 radical (unpaired) electrons. The highest BCUT2D eigenvalue weighted by molar-refractivity contribution is 6.33. The minimum atomic E-state index is -0.471. The molecule has 2 rings (SSSR count). The number of nitrogens with one attached hydrogen (secondary N) is 1. The average Bonchev–Trinajstić information content (AvgIpc) is 2.63. The first-order chi connectivity index (χ1) is 8.47. The molecule has 0 saturated carbocycles. The zero-order chi connectivity index (χ0) is 13.3. The summed E-state index contributed by atoms with van der Waals surface area (Å²) >= 11 is 5.86. The van der Waals surface area contributed by atoms with Crippen molar-refractivity contribution in [2.24, 2.45) is 7.05 Å². The van der Waals surface area contributed by atoms with Crippen molar-refractivity contribution >= 4 is 28.9 Å². The second-order valence-corrected chi connectivity index (χ2v) is 4.26. The number of anilines is 2. The molecule has 18 heavy (non-hydrogen) atoms. The number of halogens is 2. The summed E-state index contributed by atoms with van der Waals surface area (Å²) in [6, 6.07) is 5.29. The Morgan fingerprint density at radius 1 is 1.44 bits per heavy atom. The van der Waals surface area contributed by atoms with Gasteiger partial charge in [-0.1, -0.05) is 11.6 Å². The van der Waals surface area contributed by atoms with Gasteiger partial charge in [-0.3, -0.25) is 4.79 Å². The predicted molar refractivity (Wildman–Crippen MR) is 69.2 cm³/mol. The summed E-state index contributed by atoms with van der Waals surface area (Å²) in [6.07, 6.45) is 1.61. The summed E-state index contributed by atoms with van der Waals surface area (Å²) in [6.45, 7) is 0. The van der Waals surface area contributed by atoms with E-state index in [1.54, 1.807) is 17.8 Å². The van der Waals surface area contributed by atoms with Crippen LogP contribution in [-0.2, 0) is 7.05 Å². The number of nitrogens with two attached hydrogens (primary N) is 1. The third-order valence-electron chi connectivity index (χ3n) is 2.44. The van der Waals surface area contributed by atoms with Gasteiger partial charge >= 0.3 is 0 Å². The summed E-state index contributed by atoms with van der Waals surface area (Å²) in [5, 5.41) is 2.80. The summed E-state index contributed by atoms with van der Waals surface area (Å²) in [7, 11) is 1.69. The van der Waals surface area contributed by atoms with Gasteiger partial charge in [0.15, 0.2) is 0 Å². The van der Waals surface area contributed by atoms with Crippen LogP contribution in [0.2, 0.25) is 5.02 Å². The fourth-order valence-electron chi connectivity index (χ4n) is 1.60. The lowest BCUT2D eigenvalue weighted by molar-refractivity contribution is 0.101. The van der Waals surface area contributed by atoms with Gasteiger partial charge in [0.25, 0.3) is 5.91 Å². The molecule has 0 unspecified atom stereocenters. The zero-order valence-electron chi connectivity index (χ0n) is 9.58. The molecule has 6 heteroatoms. The molecule has 1 amide bonds. The molecule has 4 nitrogen and oxygen atoms in total. The third-order valence-corrected chi connectivity index (χ3v) is 2.76. The van der Waals surface area contributed by atoms with E-state index in [4.69, 9.17) is 17.3 Å². The summed E-state index contributed by atoms with van der Waals surface area (Å²) < 4.78 is 14.6. The quantitative estimate of drug-likeness (QED) is 0.879. The molecule has 94 valence electrons. The predicted octanol–water partition coefficient (Wildman–Crippen LogP) is 2.65. The van der Waals surface area contributed by atoms with E-state index in [0.717, 1.165) is 6.07 Å². The number of aryl methyl sites for hydroxylation is 1. The summed E-state index contributed by atoms with van der Waals surface area (Å²) in [5.41, 5.74) is 6.65. The molecule has 0 bridgehead atoms. The molecular formula is C12H11ClFN3O. The largest absolute Gasteiger partial charge is 0.397 e. The van der Waals surface area contributed by atoms with Gasteiger partial charge in [0.1, 0.15) is 11.5 Å². The van der Waals surface area contributed by atoms with Gasteiger partial charge in [0, 0.05) is 13.2 Å².